The molecule has 2 unspecified atom stereocenters. The summed E-state index contributed by atoms with van der Waals surface area (Å²) in [5.74, 6) is 0.526. The molecule has 0 saturated carbocycles. The van der Waals surface area contributed by atoms with Gasteiger partial charge in [-0.25, -0.2) is 0 Å². The number of benzene rings is 2. The Labute approximate surface area is 136 Å². The second kappa shape index (κ2) is 4.76. The molecule has 2 aliphatic carbocycles. The van der Waals surface area contributed by atoms with Gasteiger partial charge in [-0.15, -0.1) is 0 Å². The van der Waals surface area contributed by atoms with Crippen LogP contribution in [0.3, 0.4) is 0 Å². The van der Waals surface area contributed by atoms with E-state index in [1.165, 1.54) is 0 Å². The molecule has 0 fully saturated rings. The Hall–Kier alpha value is -2.48. The van der Waals surface area contributed by atoms with Crippen LogP contribution in [0.5, 0.6) is 0 Å². The quantitative estimate of drug-likeness (QED) is 0.779. The summed E-state index contributed by atoms with van der Waals surface area (Å²) in [6.07, 6.45) is 3.70. The van der Waals surface area contributed by atoms with Gasteiger partial charge in [0.05, 0.1) is 0 Å². The molecule has 0 heterocycles. The lowest BCUT2D eigenvalue weighted by atomic mass is 9.65. The zero-order valence-corrected chi connectivity index (χ0v) is 13.3. The van der Waals surface area contributed by atoms with Crippen molar-refractivity contribution < 1.29 is 10.2 Å². The molecular weight excluding hydrogens is 284 g/mol. The molecule has 2 heteroatoms. The van der Waals surface area contributed by atoms with Crippen LogP contribution in [0.15, 0.2) is 60.0 Å². The minimum atomic E-state index is -0.347. The van der Waals surface area contributed by atoms with E-state index in [1.807, 2.05) is 48.6 Å². The Bertz CT molecular complexity index is 773. The van der Waals surface area contributed by atoms with Gasteiger partial charge in [0.25, 0.3) is 0 Å². The Morgan fingerprint density at radius 1 is 0.696 bits per heavy atom. The summed E-state index contributed by atoms with van der Waals surface area (Å²) in [6, 6.07) is 16.2. The topological polar surface area (TPSA) is 40.5 Å². The Balaban J connectivity index is 1.84. The molecule has 23 heavy (non-hydrogen) atoms. The molecule has 0 radical (unpaired) electrons. The molecule has 0 bridgehead atoms. The molecule has 2 N–H and O–H groups in total. The van der Waals surface area contributed by atoms with Gasteiger partial charge in [0.15, 0.2) is 0 Å². The van der Waals surface area contributed by atoms with E-state index in [9.17, 15) is 10.2 Å². The lowest BCUT2D eigenvalue weighted by Crippen LogP contribution is -2.30. The normalized spacial score (nSPS) is 22.3. The fraction of sp³-hybridized carbons (Fsp3) is 0.238. The monoisotopic (exact) mass is 304 g/mol. The third kappa shape index (κ3) is 1.94. The van der Waals surface area contributed by atoms with E-state index >= 15 is 0 Å². The fourth-order valence-electron chi connectivity index (χ4n) is 4.34. The van der Waals surface area contributed by atoms with Gasteiger partial charge in [0, 0.05) is 11.8 Å². The second-order valence-corrected chi connectivity index (χ2v) is 7.08. The van der Waals surface area contributed by atoms with Crippen LogP contribution in [0.25, 0.3) is 12.2 Å². The van der Waals surface area contributed by atoms with E-state index in [0.717, 1.165) is 22.3 Å². The number of rotatable bonds is 2. The van der Waals surface area contributed by atoms with E-state index in [1.54, 1.807) is 0 Å². The first-order valence-corrected chi connectivity index (χ1v) is 7.99. The molecule has 2 aromatic rings. The number of aliphatic hydroxyl groups is 2. The van der Waals surface area contributed by atoms with Crippen molar-refractivity contribution in [3.8, 4) is 0 Å². The van der Waals surface area contributed by atoms with Crippen LogP contribution in [0.1, 0.15) is 47.9 Å². The smallest absolute Gasteiger partial charge is 0.101 e. The third-order valence-corrected chi connectivity index (χ3v) is 5.30. The van der Waals surface area contributed by atoms with Gasteiger partial charge in [-0.2, -0.15) is 0 Å². The van der Waals surface area contributed by atoms with E-state index in [-0.39, 0.29) is 17.3 Å². The number of allylic oxidation sites excluding steroid dienone is 2. The molecule has 2 aliphatic rings. The Morgan fingerprint density at radius 2 is 1.09 bits per heavy atom. The highest BCUT2D eigenvalue weighted by Gasteiger charge is 2.47. The van der Waals surface area contributed by atoms with Crippen molar-refractivity contribution in [3.63, 3.8) is 0 Å². The van der Waals surface area contributed by atoms with Gasteiger partial charge in [-0.1, -0.05) is 62.4 Å². The highest BCUT2D eigenvalue weighted by molar-refractivity contribution is 5.68. The first kappa shape index (κ1) is 14.1. The number of hydrogen-bond acceptors (Lipinski definition) is 2. The molecule has 0 aliphatic heterocycles. The van der Waals surface area contributed by atoms with Crippen LogP contribution < -0.4 is 0 Å². The van der Waals surface area contributed by atoms with Crippen LogP contribution in [-0.4, -0.2) is 10.2 Å². The summed E-state index contributed by atoms with van der Waals surface area (Å²) in [4.78, 5) is 0. The Kier molecular flexibility index (Phi) is 2.92. The van der Waals surface area contributed by atoms with Crippen LogP contribution in [0, 0.1) is 5.41 Å². The van der Waals surface area contributed by atoms with Gasteiger partial charge < -0.3 is 10.2 Å². The maximum absolute atomic E-state index is 10.6. The largest absolute Gasteiger partial charge is 0.512 e. The van der Waals surface area contributed by atoms with E-state index in [2.05, 4.69) is 26.0 Å². The predicted octanol–water partition coefficient (Wildman–Crippen LogP) is 5.41. The summed E-state index contributed by atoms with van der Waals surface area (Å²) >= 11 is 0. The number of fused-ring (bicyclic) bond motifs is 2. The molecule has 0 aromatic heterocycles. The predicted molar refractivity (Wildman–Crippen MR) is 93.4 cm³/mol. The lowest BCUT2D eigenvalue weighted by Gasteiger charge is -2.38. The van der Waals surface area contributed by atoms with E-state index in [4.69, 9.17) is 0 Å². The van der Waals surface area contributed by atoms with Gasteiger partial charge >= 0.3 is 0 Å². The lowest BCUT2D eigenvalue weighted by molar-refractivity contribution is 0.190. The maximum atomic E-state index is 10.6. The van der Waals surface area contributed by atoms with E-state index < -0.39 is 0 Å². The summed E-state index contributed by atoms with van der Waals surface area (Å²) < 4.78 is 0. The number of aliphatic hydroxyl groups excluding tert-OH is 2. The van der Waals surface area contributed by atoms with Crippen LogP contribution in [-0.2, 0) is 0 Å². The number of hydrogen-bond donors (Lipinski definition) is 2. The molecular formula is C21H20O2. The van der Waals surface area contributed by atoms with Crippen molar-refractivity contribution in [2.24, 2.45) is 5.41 Å². The highest BCUT2D eigenvalue weighted by atomic mass is 16.3. The van der Waals surface area contributed by atoms with Gasteiger partial charge in [-0.05, 0) is 39.8 Å². The van der Waals surface area contributed by atoms with Crippen LogP contribution in [0.2, 0.25) is 0 Å². The molecule has 2 aromatic carbocycles. The summed E-state index contributed by atoms with van der Waals surface area (Å²) in [6.45, 7) is 4.25. The van der Waals surface area contributed by atoms with Crippen molar-refractivity contribution in [1.82, 2.24) is 0 Å². The van der Waals surface area contributed by atoms with Crippen LogP contribution >= 0.6 is 0 Å². The average Bonchev–Trinajstić information content (AvgIpc) is 3.02. The molecule has 2 nitrogen and oxygen atoms in total. The first-order valence-electron chi connectivity index (χ1n) is 7.99. The first-order chi connectivity index (χ1) is 11.0. The summed E-state index contributed by atoms with van der Waals surface area (Å²) in [5, 5.41) is 21.2. The van der Waals surface area contributed by atoms with Crippen molar-refractivity contribution in [1.29, 1.82) is 0 Å². The zero-order valence-electron chi connectivity index (χ0n) is 13.3. The van der Waals surface area contributed by atoms with Crippen LogP contribution in [0.4, 0.5) is 0 Å². The highest BCUT2D eigenvalue weighted by Crippen LogP contribution is 2.57. The Morgan fingerprint density at radius 3 is 1.52 bits per heavy atom. The molecule has 0 saturated heterocycles. The molecule has 0 spiro atoms. The second-order valence-electron chi connectivity index (χ2n) is 7.08. The zero-order chi connectivity index (χ0) is 16.2. The minimum Gasteiger partial charge on any atom is -0.512 e. The fourth-order valence-corrected chi connectivity index (χ4v) is 4.34. The van der Waals surface area contributed by atoms with Gasteiger partial charge in [0.1, 0.15) is 11.5 Å². The molecule has 2 atom stereocenters. The molecule has 0 amide bonds. The van der Waals surface area contributed by atoms with Gasteiger partial charge in [0.2, 0.25) is 0 Å². The molecule has 116 valence electrons. The van der Waals surface area contributed by atoms with Crippen molar-refractivity contribution in [2.45, 2.75) is 25.7 Å². The standard InChI is InChI=1S/C21H20O2/c1-21(2,19-15-9-5-3-7-13(15)11-17(19)22)20-16-10-6-4-8-14(16)12-18(20)23/h3-12,19-20,22-23H,1-2H3. The van der Waals surface area contributed by atoms with Crippen molar-refractivity contribution in [2.75, 3.05) is 0 Å². The van der Waals surface area contributed by atoms with Crippen molar-refractivity contribution >= 4 is 12.2 Å². The van der Waals surface area contributed by atoms with E-state index in [0.29, 0.717) is 11.5 Å². The minimum absolute atomic E-state index is 0.120. The van der Waals surface area contributed by atoms with Crippen molar-refractivity contribution in [3.05, 3.63) is 82.3 Å². The summed E-state index contributed by atoms with van der Waals surface area (Å²) in [7, 11) is 0. The van der Waals surface area contributed by atoms with Gasteiger partial charge in [-0.3, -0.25) is 0 Å². The third-order valence-electron chi connectivity index (χ3n) is 5.30. The summed E-state index contributed by atoms with van der Waals surface area (Å²) in [5.41, 5.74) is 4.05. The average molecular weight is 304 g/mol. The molecule has 4 rings (SSSR count). The SMILES string of the molecule is CC(C)(C1C(O)=Cc2ccccc21)C1C(O)=Cc2ccccc21. The maximum Gasteiger partial charge on any atom is 0.101 e.